The number of ether oxygens (including phenoxy) is 2. The summed E-state index contributed by atoms with van der Waals surface area (Å²) in [6, 6.07) is 9.93. The zero-order valence-electron chi connectivity index (χ0n) is 15.6. The first-order chi connectivity index (χ1) is 13.1. The number of thioether (sulfide) groups is 1. The maximum absolute atomic E-state index is 6.53. The van der Waals surface area contributed by atoms with Crippen LogP contribution >= 0.6 is 23.4 Å². The Morgan fingerprint density at radius 2 is 2.19 bits per heavy atom. The van der Waals surface area contributed by atoms with Crippen molar-refractivity contribution in [3.8, 4) is 11.5 Å². The van der Waals surface area contributed by atoms with E-state index >= 15 is 0 Å². The third kappa shape index (κ3) is 3.36. The highest BCUT2D eigenvalue weighted by Gasteiger charge is 2.43. The molecule has 2 aliphatic rings. The normalized spacial score (nSPS) is 23.9. The van der Waals surface area contributed by atoms with Gasteiger partial charge < -0.3 is 14.4 Å². The minimum absolute atomic E-state index is 0.0370. The van der Waals surface area contributed by atoms with E-state index in [-0.39, 0.29) is 12.1 Å². The van der Waals surface area contributed by atoms with Crippen molar-refractivity contribution in [2.45, 2.75) is 31.2 Å². The Hall–Kier alpha value is -1.92. The van der Waals surface area contributed by atoms with Gasteiger partial charge in [-0.25, -0.2) is 0 Å². The second-order valence-electron chi connectivity index (χ2n) is 6.60. The van der Waals surface area contributed by atoms with Gasteiger partial charge in [-0.3, -0.25) is 9.98 Å². The van der Waals surface area contributed by atoms with Crippen LogP contribution in [0, 0.1) is 0 Å². The Bertz CT molecular complexity index is 862. The minimum atomic E-state index is -0.0693. The molecule has 27 heavy (non-hydrogen) atoms. The van der Waals surface area contributed by atoms with Gasteiger partial charge in [0, 0.05) is 18.0 Å². The van der Waals surface area contributed by atoms with E-state index in [9.17, 15) is 0 Å². The lowest BCUT2D eigenvalue weighted by Crippen LogP contribution is -2.28. The molecule has 142 valence electrons. The summed E-state index contributed by atoms with van der Waals surface area (Å²) in [6.45, 7) is 5.67. The standard InChI is InChI=1S/C20H22ClN3O2S/c1-4-26-16-10-13(9-14(21)19(16)25-3)18-17(15-7-5-6-8-22-15)23-20-24(18)11-12(2)27-20/h5-10,12,17-18H,4,11H2,1-3H3/t12-,17-,18-/m1/s1. The molecular weight excluding hydrogens is 382 g/mol. The lowest BCUT2D eigenvalue weighted by atomic mass is 9.96. The number of halogens is 1. The molecule has 3 atom stereocenters. The van der Waals surface area contributed by atoms with Gasteiger partial charge in [0.2, 0.25) is 0 Å². The van der Waals surface area contributed by atoms with E-state index in [0.29, 0.717) is 28.4 Å². The van der Waals surface area contributed by atoms with Gasteiger partial charge in [-0.1, -0.05) is 36.4 Å². The molecule has 1 fully saturated rings. The van der Waals surface area contributed by atoms with Gasteiger partial charge in [-0.2, -0.15) is 0 Å². The summed E-state index contributed by atoms with van der Waals surface area (Å²) in [5, 5.41) is 2.13. The predicted octanol–water partition coefficient (Wildman–Crippen LogP) is 4.73. The van der Waals surface area contributed by atoms with E-state index in [1.807, 2.05) is 55.2 Å². The van der Waals surface area contributed by atoms with Gasteiger partial charge in [0.25, 0.3) is 0 Å². The zero-order valence-corrected chi connectivity index (χ0v) is 17.1. The van der Waals surface area contributed by atoms with E-state index in [0.717, 1.165) is 23.0 Å². The van der Waals surface area contributed by atoms with E-state index < -0.39 is 0 Å². The van der Waals surface area contributed by atoms with Gasteiger partial charge in [0.15, 0.2) is 16.7 Å². The summed E-state index contributed by atoms with van der Waals surface area (Å²) in [6.07, 6.45) is 1.82. The molecule has 3 heterocycles. The maximum atomic E-state index is 6.53. The Morgan fingerprint density at radius 3 is 2.89 bits per heavy atom. The highest BCUT2D eigenvalue weighted by molar-refractivity contribution is 8.14. The summed E-state index contributed by atoms with van der Waals surface area (Å²) >= 11 is 8.35. The molecule has 0 bridgehead atoms. The number of amidine groups is 1. The molecule has 0 amide bonds. The van der Waals surface area contributed by atoms with E-state index in [2.05, 4.69) is 16.8 Å². The number of aliphatic imine (C=N–C) groups is 1. The van der Waals surface area contributed by atoms with Crippen molar-refractivity contribution >= 4 is 28.5 Å². The van der Waals surface area contributed by atoms with Gasteiger partial charge >= 0.3 is 0 Å². The molecule has 0 saturated carbocycles. The van der Waals surface area contributed by atoms with Crippen LogP contribution in [0.15, 0.2) is 41.5 Å². The summed E-state index contributed by atoms with van der Waals surface area (Å²) in [5.41, 5.74) is 2.02. The van der Waals surface area contributed by atoms with Crippen LogP contribution < -0.4 is 9.47 Å². The third-order valence-electron chi connectivity index (χ3n) is 4.76. The number of fused-ring (bicyclic) bond motifs is 1. The number of nitrogens with zero attached hydrogens (tertiary/aromatic N) is 3. The highest BCUT2D eigenvalue weighted by Crippen LogP contribution is 2.49. The van der Waals surface area contributed by atoms with Crippen molar-refractivity contribution < 1.29 is 9.47 Å². The zero-order chi connectivity index (χ0) is 19.0. The Morgan fingerprint density at radius 1 is 1.33 bits per heavy atom. The van der Waals surface area contributed by atoms with Gasteiger partial charge in [0.05, 0.1) is 30.5 Å². The first-order valence-electron chi connectivity index (χ1n) is 9.04. The fourth-order valence-electron chi connectivity index (χ4n) is 3.70. The summed E-state index contributed by atoms with van der Waals surface area (Å²) in [7, 11) is 1.61. The number of benzene rings is 1. The second-order valence-corrected chi connectivity index (χ2v) is 8.42. The van der Waals surface area contributed by atoms with E-state index in [4.69, 9.17) is 26.1 Å². The second kappa shape index (κ2) is 7.60. The average Bonchev–Trinajstić information content (AvgIpc) is 3.18. The number of methoxy groups -OCH3 is 1. The molecule has 2 aliphatic heterocycles. The van der Waals surface area contributed by atoms with Crippen LogP contribution in [-0.2, 0) is 0 Å². The molecule has 5 nitrogen and oxygen atoms in total. The minimum Gasteiger partial charge on any atom is -0.491 e. The van der Waals surface area contributed by atoms with Crippen LogP contribution in [0.2, 0.25) is 5.02 Å². The lowest BCUT2D eigenvalue weighted by Gasteiger charge is -2.28. The molecule has 1 aromatic carbocycles. The van der Waals surface area contributed by atoms with Crippen LogP contribution in [0.5, 0.6) is 11.5 Å². The summed E-state index contributed by atoms with van der Waals surface area (Å²) in [5.74, 6) is 1.23. The van der Waals surface area contributed by atoms with Gasteiger partial charge in [-0.05, 0) is 36.8 Å². The Balaban J connectivity index is 1.80. The SMILES string of the molecule is CCOc1cc([C@@H]2[C@@H](c3ccccn3)N=C3S[C@H](C)CN32)cc(Cl)c1OC. The lowest BCUT2D eigenvalue weighted by molar-refractivity contribution is 0.302. The van der Waals surface area contributed by atoms with E-state index in [1.54, 1.807) is 7.11 Å². The van der Waals surface area contributed by atoms with Gasteiger partial charge in [0.1, 0.15) is 6.04 Å². The average molecular weight is 404 g/mol. The maximum Gasteiger partial charge on any atom is 0.179 e. The molecule has 1 aromatic heterocycles. The van der Waals surface area contributed by atoms with Crippen molar-refractivity contribution in [3.05, 3.63) is 52.8 Å². The number of hydrogen-bond acceptors (Lipinski definition) is 6. The van der Waals surface area contributed by atoms with Crippen molar-refractivity contribution in [2.24, 2.45) is 4.99 Å². The van der Waals surface area contributed by atoms with Crippen LogP contribution in [0.1, 0.15) is 37.2 Å². The smallest absolute Gasteiger partial charge is 0.179 e. The topological polar surface area (TPSA) is 47.0 Å². The molecule has 0 aliphatic carbocycles. The fraction of sp³-hybridized carbons (Fsp3) is 0.400. The van der Waals surface area contributed by atoms with Crippen LogP contribution in [0.25, 0.3) is 0 Å². The van der Waals surface area contributed by atoms with Crippen molar-refractivity contribution in [3.63, 3.8) is 0 Å². The predicted molar refractivity (Wildman–Crippen MR) is 110 cm³/mol. The van der Waals surface area contributed by atoms with Crippen molar-refractivity contribution in [1.29, 1.82) is 0 Å². The van der Waals surface area contributed by atoms with Gasteiger partial charge in [-0.15, -0.1) is 0 Å². The molecule has 0 unspecified atom stereocenters. The molecule has 4 rings (SSSR count). The fourth-order valence-corrected chi connectivity index (χ4v) is 5.09. The highest BCUT2D eigenvalue weighted by atomic mass is 35.5. The Kier molecular flexibility index (Phi) is 5.19. The molecule has 2 aromatic rings. The number of hydrogen-bond donors (Lipinski definition) is 0. The third-order valence-corrected chi connectivity index (χ3v) is 6.14. The number of rotatable bonds is 5. The van der Waals surface area contributed by atoms with Crippen LogP contribution in [0.3, 0.4) is 0 Å². The van der Waals surface area contributed by atoms with Crippen LogP contribution in [0.4, 0.5) is 0 Å². The number of pyridine rings is 1. The quantitative estimate of drug-likeness (QED) is 0.722. The summed E-state index contributed by atoms with van der Waals surface area (Å²) < 4.78 is 11.2. The molecule has 0 N–H and O–H groups in total. The largest absolute Gasteiger partial charge is 0.491 e. The van der Waals surface area contributed by atoms with Crippen molar-refractivity contribution in [2.75, 3.05) is 20.3 Å². The molecule has 1 saturated heterocycles. The van der Waals surface area contributed by atoms with E-state index in [1.165, 1.54) is 0 Å². The van der Waals surface area contributed by atoms with Crippen molar-refractivity contribution in [1.82, 2.24) is 9.88 Å². The number of aromatic nitrogens is 1. The Labute approximate surface area is 168 Å². The molecular formula is C20H22ClN3O2S. The summed E-state index contributed by atoms with van der Waals surface area (Å²) in [4.78, 5) is 11.9. The molecule has 0 radical (unpaired) electrons. The first kappa shape index (κ1) is 18.4. The molecule has 7 heteroatoms. The van der Waals surface area contributed by atoms with Crippen LogP contribution in [-0.4, -0.2) is 40.6 Å². The molecule has 0 spiro atoms. The first-order valence-corrected chi connectivity index (χ1v) is 10.3. The monoisotopic (exact) mass is 403 g/mol.